The molecule has 0 amide bonds. The van der Waals surface area contributed by atoms with E-state index >= 15 is 0 Å². The van der Waals surface area contributed by atoms with Crippen molar-refractivity contribution in [2.24, 2.45) is 0 Å². The molecule has 1 aromatic heterocycles. The van der Waals surface area contributed by atoms with E-state index in [9.17, 15) is 8.42 Å². The van der Waals surface area contributed by atoms with Gasteiger partial charge in [-0.2, -0.15) is 4.31 Å². The molecule has 24 heavy (non-hydrogen) atoms. The molecular formula is C17H30N4O2S. The quantitative estimate of drug-likeness (QED) is 0.785. The second-order valence-corrected chi connectivity index (χ2v) is 8.89. The molecule has 136 valence electrons. The molecule has 1 saturated heterocycles. The zero-order valence-electron chi connectivity index (χ0n) is 15.5. The third-order valence-corrected chi connectivity index (χ3v) is 6.45. The fraction of sp³-hybridized carbons (Fsp3) is 0.765. The summed E-state index contributed by atoms with van der Waals surface area (Å²) < 4.78 is 26.3. The summed E-state index contributed by atoms with van der Waals surface area (Å²) in [4.78, 5) is 11.4. The summed E-state index contributed by atoms with van der Waals surface area (Å²) in [7, 11) is -3.12. The van der Waals surface area contributed by atoms with Crippen molar-refractivity contribution in [1.29, 1.82) is 0 Å². The van der Waals surface area contributed by atoms with Gasteiger partial charge in [0.05, 0.1) is 5.75 Å². The summed E-state index contributed by atoms with van der Waals surface area (Å²) in [5.74, 6) is 2.34. The highest BCUT2D eigenvalue weighted by molar-refractivity contribution is 7.89. The molecule has 1 aliphatic rings. The highest BCUT2D eigenvalue weighted by Crippen LogP contribution is 2.29. The standard InChI is InChI=1S/C17H30N4O2S/c1-6-7-12-24(22,23)21-10-8-20(9-11-21)17-16(13(2)3)14(4)18-15(5)19-17/h13H,6-12H2,1-5H3. The molecule has 2 rings (SSSR count). The first-order valence-electron chi connectivity index (χ1n) is 8.84. The van der Waals surface area contributed by atoms with Crippen molar-refractivity contribution in [3.8, 4) is 0 Å². The molecule has 1 aromatic rings. The zero-order chi connectivity index (χ0) is 17.9. The van der Waals surface area contributed by atoms with Crippen molar-refractivity contribution in [3.05, 3.63) is 17.1 Å². The van der Waals surface area contributed by atoms with Crippen molar-refractivity contribution in [1.82, 2.24) is 14.3 Å². The van der Waals surface area contributed by atoms with Crippen LogP contribution in [0.4, 0.5) is 5.82 Å². The van der Waals surface area contributed by atoms with E-state index in [0.29, 0.717) is 32.1 Å². The Morgan fingerprint density at radius 3 is 2.25 bits per heavy atom. The molecule has 0 unspecified atom stereocenters. The number of aryl methyl sites for hydroxylation is 2. The van der Waals surface area contributed by atoms with E-state index in [2.05, 4.69) is 28.7 Å². The van der Waals surface area contributed by atoms with Gasteiger partial charge in [0.1, 0.15) is 11.6 Å². The van der Waals surface area contributed by atoms with Gasteiger partial charge >= 0.3 is 0 Å². The molecule has 0 bridgehead atoms. The molecule has 1 aliphatic heterocycles. The molecule has 0 saturated carbocycles. The van der Waals surface area contributed by atoms with Crippen LogP contribution in [-0.4, -0.2) is 54.6 Å². The van der Waals surface area contributed by atoms with Crippen LogP contribution in [0.15, 0.2) is 0 Å². The number of hydrogen-bond donors (Lipinski definition) is 0. The van der Waals surface area contributed by atoms with Crippen LogP contribution in [0.5, 0.6) is 0 Å². The molecule has 0 aliphatic carbocycles. The highest BCUT2D eigenvalue weighted by atomic mass is 32.2. The molecule has 0 N–H and O–H groups in total. The summed E-state index contributed by atoms with van der Waals surface area (Å²) in [6.45, 7) is 12.7. The molecule has 0 spiro atoms. The van der Waals surface area contributed by atoms with Gasteiger partial charge in [0.2, 0.25) is 10.0 Å². The monoisotopic (exact) mass is 354 g/mol. The second kappa shape index (κ2) is 7.78. The molecule has 2 heterocycles. The average Bonchev–Trinajstić information content (AvgIpc) is 2.52. The van der Waals surface area contributed by atoms with E-state index in [1.165, 1.54) is 5.56 Å². The van der Waals surface area contributed by atoms with E-state index in [1.54, 1.807) is 4.31 Å². The van der Waals surface area contributed by atoms with Gasteiger partial charge in [0.25, 0.3) is 0 Å². The first-order chi connectivity index (χ1) is 11.3. The second-order valence-electron chi connectivity index (χ2n) is 6.80. The van der Waals surface area contributed by atoms with Crippen LogP contribution in [0.25, 0.3) is 0 Å². The van der Waals surface area contributed by atoms with E-state index in [4.69, 9.17) is 0 Å². The van der Waals surface area contributed by atoms with Gasteiger partial charge in [-0.3, -0.25) is 0 Å². The molecule has 6 nitrogen and oxygen atoms in total. The van der Waals surface area contributed by atoms with Gasteiger partial charge < -0.3 is 4.90 Å². The number of nitrogens with zero attached hydrogens (tertiary/aromatic N) is 4. The fourth-order valence-corrected chi connectivity index (χ4v) is 4.89. The van der Waals surface area contributed by atoms with E-state index in [1.807, 2.05) is 20.8 Å². The number of piperazine rings is 1. The van der Waals surface area contributed by atoms with Crippen molar-refractivity contribution >= 4 is 15.8 Å². The lowest BCUT2D eigenvalue weighted by molar-refractivity contribution is 0.382. The third-order valence-electron chi connectivity index (χ3n) is 4.49. The number of hydrogen-bond acceptors (Lipinski definition) is 5. The molecule has 0 atom stereocenters. The Morgan fingerprint density at radius 1 is 1.08 bits per heavy atom. The maximum Gasteiger partial charge on any atom is 0.214 e. The summed E-state index contributed by atoms with van der Waals surface area (Å²) in [6, 6.07) is 0. The van der Waals surface area contributed by atoms with Crippen molar-refractivity contribution in [2.45, 2.75) is 53.4 Å². The maximum atomic E-state index is 12.4. The topological polar surface area (TPSA) is 66.4 Å². The Balaban J connectivity index is 2.16. The minimum Gasteiger partial charge on any atom is -0.354 e. The number of anilines is 1. The minimum absolute atomic E-state index is 0.256. The lowest BCUT2D eigenvalue weighted by Gasteiger charge is -2.36. The lowest BCUT2D eigenvalue weighted by atomic mass is 10.0. The predicted molar refractivity (Wildman–Crippen MR) is 98.1 cm³/mol. The molecule has 7 heteroatoms. The number of unbranched alkanes of at least 4 members (excludes halogenated alkanes) is 1. The Bertz CT molecular complexity index is 665. The summed E-state index contributed by atoms with van der Waals surface area (Å²) >= 11 is 0. The van der Waals surface area contributed by atoms with E-state index in [-0.39, 0.29) is 5.75 Å². The smallest absolute Gasteiger partial charge is 0.214 e. The van der Waals surface area contributed by atoms with E-state index in [0.717, 1.165) is 30.2 Å². The predicted octanol–water partition coefficient (Wildman–Crippen LogP) is 2.47. The fourth-order valence-electron chi connectivity index (χ4n) is 3.25. The summed E-state index contributed by atoms with van der Waals surface area (Å²) in [6.07, 6.45) is 1.63. The van der Waals surface area contributed by atoms with Gasteiger partial charge in [-0.05, 0) is 26.2 Å². The molecule has 0 radical (unpaired) electrons. The number of sulfonamides is 1. The largest absolute Gasteiger partial charge is 0.354 e. The van der Waals surface area contributed by atoms with Crippen LogP contribution in [0.3, 0.4) is 0 Å². The van der Waals surface area contributed by atoms with Crippen molar-refractivity contribution in [2.75, 3.05) is 36.8 Å². The zero-order valence-corrected chi connectivity index (χ0v) is 16.4. The van der Waals surface area contributed by atoms with Crippen LogP contribution in [0, 0.1) is 13.8 Å². The third kappa shape index (κ3) is 4.25. The summed E-state index contributed by atoms with van der Waals surface area (Å²) in [5.41, 5.74) is 2.19. The van der Waals surface area contributed by atoms with Crippen molar-refractivity contribution < 1.29 is 8.42 Å². The van der Waals surface area contributed by atoms with Gasteiger partial charge in [-0.15, -0.1) is 0 Å². The Morgan fingerprint density at radius 2 is 1.71 bits per heavy atom. The number of rotatable bonds is 6. The van der Waals surface area contributed by atoms with Crippen LogP contribution in [0.1, 0.15) is 56.6 Å². The van der Waals surface area contributed by atoms with Gasteiger partial charge in [0.15, 0.2) is 0 Å². The van der Waals surface area contributed by atoms with Crippen LogP contribution in [-0.2, 0) is 10.0 Å². The van der Waals surface area contributed by atoms with Gasteiger partial charge in [-0.25, -0.2) is 18.4 Å². The van der Waals surface area contributed by atoms with Gasteiger partial charge in [-0.1, -0.05) is 27.2 Å². The lowest BCUT2D eigenvalue weighted by Crippen LogP contribution is -2.49. The average molecular weight is 355 g/mol. The highest BCUT2D eigenvalue weighted by Gasteiger charge is 2.28. The number of aromatic nitrogens is 2. The molecule has 1 fully saturated rings. The maximum absolute atomic E-state index is 12.4. The first kappa shape index (κ1) is 19.1. The van der Waals surface area contributed by atoms with Crippen molar-refractivity contribution in [3.63, 3.8) is 0 Å². The van der Waals surface area contributed by atoms with Gasteiger partial charge in [0, 0.05) is 37.4 Å². The SMILES string of the molecule is CCCCS(=O)(=O)N1CCN(c2nc(C)nc(C)c2C(C)C)CC1. The Labute approximate surface area is 146 Å². The molecule has 0 aromatic carbocycles. The van der Waals surface area contributed by atoms with Crippen LogP contribution >= 0.6 is 0 Å². The first-order valence-corrected chi connectivity index (χ1v) is 10.4. The van der Waals surface area contributed by atoms with E-state index < -0.39 is 10.0 Å². The van der Waals surface area contributed by atoms with Crippen LogP contribution < -0.4 is 4.90 Å². The minimum atomic E-state index is -3.12. The van der Waals surface area contributed by atoms with Crippen LogP contribution in [0.2, 0.25) is 0 Å². The Kier molecular flexibility index (Phi) is 6.20. The Hall–Kier alpha value is -1.21. The summed E-state index contributed by atoms with van der Waals surface area (Å²) in [5, 5.41) is 0. The normalized spacial score (nSPS) is 16.8. The molecular weight excluding hydrogens is 324 g/mol.